The third-order valence-electron chi connectivity index (χ3n) is 2.94. The molecule has 1 aromatic carbocycles. The first kappa shape index (κ1) is 16.8. The van der Waals surface area contributed by atoms with Crippen LogP contribution >= 0.6 is 0 Å². The van der Waals surface area contributed by atoms with Gasteiger partial charge in [-0.1, -0.05) is 0 Å². The fraction of sp³-hybridized carbons (Fsp3) is 0.467. The van der Waals surface area contributed by atoms with Crippen LogP contribution in [0.1, 0.15) is 13.8 Å². The molecule has 0 aliphatic carbocycles. The summed E-state index contributed by atoms with van der Waals surface area (Å²) in [7, 11) is 3.92. The minimum Gasteiger partial charge on any atom is -0.450 e. The molecule has 0 atom stereocenters. The molecule has 0 bridgehead atoms. The van der Waals surface area contributed by atoms with Gasteiger partial charge in [-0.2, -0.15) is 0 Å². The topological polar surface area (TPSA) is 61.9 Å². The molecule has 1 aromatic rings. The summed E-state index contributed by atoms with van der Waals surface area (Å²) in [6.45, 7) is 4.32. The lowest BCUT2D eigenvalue weighted by atomic mass is 10.2. The minimum absolute atomic E-state index is 0.0711. The summed E-state index contributed by atoms with van der Waals surface area (Å²) in [5, 5.41) is 2.61. The van der Waals surface area contributed by atoms with E-state index in [2.05, 4.69) is 5.32 Å². The lowest BCUT2D eigenvalue weighted by Crippen LogP contribution is -2.37. The standard InChI is InChI=1S/C15H23N3O3/c1-5-21-15(20)16-10-11-18(12(2)19)14-8-6-13(7-9-14)17(3)4/h6-9H,5,10-11H2,1-4H3,(H,16,20). The molecule has 6 heteroatoms. The molecule has 2 amide bonds. The maximum Gasteiger partial charge on any atom is 0.407 e. The van der Waals surface area contributed by atoms with Crippen LogP contribution in [0.5, 0.6) is 0 Å². The molecule has 0 unspecified atom stereocenters. The zero-order chi connectivity index (χ0) is 15.8. The Labute approximate surface area is 125 Å². The molecule has 0 saturated heterocycles. The first-order chi connectivity index (χ1) is 9.95. The number of anilines is 2. The highest BCUT2D eigenvalue weighted by Crippen LogP contribution is 2.19. The Balaban J connectivity index is 2.65. The number of ether oxygens (including phenoxy) is 1. The predicted octanol–water partition coefficient (Wildman–Crippen LogP) is 1.85. The molecule has 0 radical (unpaired) electrons. The Morgan fingerprint density at radius 3 is 2.19 bits per heavy atom. The average Bonchev–Trinajstić information content (AvgIpc) is 2.43. The summed E-state index contributed by atoms with van der Waals surface area (Å²) in [4.78, 5) is 26.6. The van der Waals surface area contributed by atoms with Crippen LogP contribution in [0.3, 0.4) is 0 Å². The van der Waals surface area contributed by atoms with Gasteiger partial charge in [-0.15, -0.1) is 0 Å². The largest absolute Gasteiger partial charge is 0.450 e. The molecule has 0 heterocycles. The third-order valence-corrected chi connectivity index (χ3v) is 2.94. The van der Waals surface area contributed by atoms with Crippen molar-refractivity contribution in [2.75, 3.05) is 43.6 Å². The van der Waals surface area contributed by atoms with Gasteiger partial charge in [-0.25, -0.2) is 4.79 Å². The Hall–Kier alpha value is -2.24. The number of hydrogen-bond donors (Lipinski definition) is 1. The number of nitrogens with zero attached hydrogens (tertiary/aromatic N) is 2. The van der Waals surface area contributed by atoms with Gasteiger partial charge in [0, 0.05) is 45.5 Å². The second-order valence-electron chi connectivity index (χ2n) is 4.73. The number of nitrogens with one attached hydrogen (secondary N) is 1. The second-order valence-corrected chi connectivity index (χ2v) is 4.73. The average molecular weight is 293 g/mol. The summed E-state index contributed by atoms with van der Waals surface area (Å²) in [5.74, 6) is -0.0711. The molecular formula is C15H23N3O3. The van der Waals surface area contributed by atoms with Gasteiger partial charge in [0.15, 0.2) is 0 Å². The van der Waals surface area contributed by atoms with E-state index in [0.29, 0.717) is 19.7 Å². The molecule has 1 N–H and O–H groups in total. The van der Waals surface area contributed by atoms with E-state index in [0.717, 1.165) is 11.4 Å². The van der Waals surface area contributed by atoms with E-state index in [1.54, 1.807) is 11.8 Å². The normalized spacial score (nSPS) is 9.90. The van der Waals surface area contributed by atoms with Crippen molar-refractivity contribution in [2.45, 2.75) is 13.8 Å². The number of amides is 2. The van der Waals surface area contributed by atoms with Gasteiger partial charge in [0.05, 0.1) is 6.61 Å². The summed E-state index contributed by atoms with van der Waals surface area (Å²) in [6.07, 6.45) is -0.469. The predicted molar refractivity (Wildman–Crippen MR) is 83.8 cm³/mol. The zero-order valence-corrected chi connectivity index (χ0v) is 13.0. The second kappa shape index (κ2) is 8.14. The van der Waals surface area contributed by atoms with E-state index in [1.165, 1.54) is 6.92 Å². The fourth-order valence-corrected chi connectivity index (χ4v) is 1.85. The summed E-state index contributed by atoms with van der Waals surface area (Å²) in [6, 6.07) is 7.68. The molecule has 0 aliphatic heterocycles. The number of carbonyl (C=O) groups is 2. The van der Waals surface area contributed by atoms with Crippen molar-refractivity contribution in [3.63, 3.8) is 0 Å². The van der Waals surface area contributed by atoms with Crippen LogP contribution in [0, 0.1) is 0 Å². The Morgan fingerprint density at radius 2 is 1.71 bits per heavy atom. The van der Waals surface area contributed by atoms with Crippen LogP contribution in [-0.2, 0) is 9.53 Å². The molecule has 0 aliphatic rings. The summed E-state index contributed by atoms with van der Waals surface area (Å²) < 4.78 is 4.77. The van der Waals surface area contributed by atoms with Crippen molar-refractivity contribution in [3.05, 3.63) is 24.3 Å². The van der Waals surface area contributed by atoms with Crippen molar-refractivity contribution in [1.29, 1.82) is 0 Å². The summed E-state index contributed by atoms with van der Waals surface area (Å²) >= 11 is 0. The van der Waals surface area contributed by atoms with E-state index < -0.39 is 6.09 Å². The van der Waals surface area contributed by atoms with E-state index in [-0.39, 0.29) is 5.91 Å². The molecule has 21 heavy (non-hydrogen) atoms. The van der Waals surface area contributed by atoms with E-state index >= 15 is 0 Å². The lowest BCUT2D eigenvalue weighted by Gasteiger charge is -2.22. The maximum atomic E-state index is 11.7. The van der Waals surface area contributed by atoms with Crippen LogP contribution in [0.25, 0.3) is 0 Å². The molecule has 116 valence electrons. The van der Waals surface area contributed by atoms with Crippen molar-refractivity contribution in [3.8, 4) is 0 Å². The van der Waals surface area contributed by atoms with E-state index in [4.69, 9.17) is 4.74 Å². The van der Waals surface area contributed by atoms with Crippen molar-refractivity contribution in [2.24, 2.45) is 0 Å². The van der Waals surface area contributed by atoms with Gasteiger partial charge >= 0.3 is 6.09 Å². The van der Waals surface area contributed by atoms with Gasteiger partial charge in [0.25, 0.3) is 0 Å². The molecule has 0 fully saturated rings. The highest BCUT2D eigenvalue weighted by Gasteiger charge is 2.12. The van der Waals surface area contributed by atoms with Crippen LogP contribution < -0.4 is 15.1 Å². The Bertz CT molecular complexity index is 472. The maximum absolute atomic E-state index is 11.7. The van der Waals surface area contributed by atoms with Crippen LogP contribution in [-0.4, -0.2) is 45.8 Å². The number of hydrogen-bond acceptors (Lipinski definition) is 4. The molecule has 0 saturated carbocycles. The van der Waals surface area contributed by atoms with Gasteiger partial charge < -0.3 is 19.9 Å². The molecule has 6 nitrogen and oxygen atoms in total. The SMILES string of the molecule is CCOC(=O)NCCN(C(C)=O)c1ccc(N(C)C)cc1. The van der Waals surface area contributed by atoms with Crippen LogP contribution in [0.2, 0.25) is 0 Å². The highest BCUT2D eigenvalue weighted by atomic mass is 16.5. The number of carbonyl (C=O) groups excluding carboxylic acids is 2. The quantitative estimate of drug-likeness (QED) is 0.869. The number of rotatable bonds is 6. The number of benzene rings is 1. The zero-order valence-electron chi connectivity index (χ0n) is 13.0. The molecule has 1 rings (SSSR count). The lowest BCUT2D eigenvalue weighted by molar-refractivity contribution is -0.116. The molecule has 0 aromatic heterocycles. The first-order valence-electron chi connectivity index (χ1n) is 6.91. The van der Waals surface area contributed by atoms with Crippen LogP contribution in [0.4, 0.5) is 16.2 Å². The monoisotopic (exact) mass is 293 g/mol. The van der Waals surface area contributed by atoms with Gasteiger partial charge in [-0.3, -0.25) is 4.79 Å². The molecular weight excluding hydrogens is 270 g/mol. The first-order valence-corrected chi connectivity index (χ1v) is 6.91. The fourth-order valence-electron chi connectivity index (χ4n) is 1.85. The van der Waals surface area contributed by atoms with Crippen molar-refractivity contribution < 1.29 is 14.3 Å². The van der Waals surface area contributed by atoms with Gasteiger partial charge in [0.2, 0.25) is 5.91 Å². The number of alkyl carbamates (subject to hydrolysis) is 1. The van der Waals surface area contributed by atoms with E-state index in [9.17, 15) is 9.59 Å². The Kier molecular flexibility index (Phi) is 6.52. The van der Waals surface area contributed by atoms with Crippen LogP contribution in [0.15, 0.2) is 24.3 Å². The molecule has 0 spiro atoms. The van der Waals surface area contributed by atoms with Crippen molar-refractivity contribution in [1.82, 2.24) is 5.32 Å². The van der Waals surface area contributed by atoms with Crippen molar-refractivity contribution >= 4 is 23.4 Å². The smallest absolute Gasteiger partial charge is 0.407 e. The third kappa shape index (κ3) is 5.33. The van der Waals surface area contributed by atoms with Gasteiger partial charge in [0.1, 0.15) is 0 Å². The Morgan fingerprint density at radius 1 is 1.14 bits per heavy atom. The van der Waals surface area contributed by atoms with E-state index in [1.807, 2.05) is 43.3 Å². The summed E-state index contributed by atoms with van der Waals surface area (Å²) in [5.41, 5.74) is 1.87. The van der Waals surface area contributed by atoms with Gasteiger partial charge in [-0.05, 0) is 31.2 Å². The highest BCUT2D eigenvalue weighted by molar-refractivity contribution is 5.91. The minimum atomic E-state index is -0.469.